The molecule has 10 N–H and O–H groups in total. The SMILES string of the molecule is C.CC(C)Cc1ccc(O)cc1.CCOC(=O)c1cnc(=O)[nH]c1C.CCOC(=O)c1cnc(Oc2ccc(CC(C)C)cc2)nc1C.Cc1nc(Oc2ccc(CC(C)C)cc2)ncc1C(=O)C[C@@H](CCN)C(=O)N(C)[C@@H]1C(=O)C[C@@H](C)C(=O)N[C@H](C(=O)CCC#N)Cc2ccc(OCCN)c(c2)-c2cc1ccc2OCCN.Cc1nc(Oc2ccc(CC(C)C)cc2)ncc1C(=O)O. The van der Waals surface area contributed by atoms with Gasteiger partial charge in [-0.15, -0.1) is 0 Å². The first-order chi connectivity index (χ1) is 63.9. The zero-order valence-electron chi connectivity index (χ0n) is 79.3. The number of esters is 2. The van der Waals surface area contributed by atoms with E-state index in [1.807, 2.05) is 97.1 Å². The number of aromatic nitrogens is 8. The van der Waals surface area contributed by atoms with Gasteiger partial charge in [0.25, 0.3) is 0 Å². The topological polar surface area (TPSA) is 482 Å². The molecule has 5 heterocycles. The maximum absolute atomic E-state index is 14.7. The largest absolute Gasteiger partial charge is 0.508 e. The van der Waals surface area contributed by atoms with E-state index in [4.69, 9.17) is 60.6 Å². The number of amides is 2. The smallest absolute Gasteiger partial charge is 0.345 e. The van der Waals surface area contributed by atoms with Gasteiger partial charge in [0, 0.05) is 99.3 Å². The second-order valence-corrected chi connectivity index (χ2v) is 33.8. The van der Waals surface area contributed by atoms with Gasteiger partial charge in [-0.05, 0) is 216 Å². The number of nitriles is 1. The quantitative estimate of drug-likeness (QED) is 0.0143. The lowest BCUT2D eigenvalue weighted by molar-refractivity contribution is -0.142. The Labute approximate surface area is 790 Å². The molecule has 10 aromatic rings. The van der Waals surface area contributed by atoms with Gasteiger partial charge in [-0.3, -0.25) is 24.0 Å². The number of phenols is 1. The van der Waals surface area contributed by atoms with Crippen molar-refractivity contribution in [2.75, 3.05) is 53.1 Å². The van der Waals surface area contributed by atoms with Gasteiger partial charge in [-0.1, -0.05) is 130 Å². The number of likely N-dealkylation sites (N-methyl/N-ethyl adjacent to an activating group) is 1. The molecule has 0 saturated heterocycles. The molecular formula is C103H130N14O18. The fraction of sp³-hybridized carbons (Fsp3) is 0.408. The van der Waals surface area contributed by atoms with E-state index in [1.165, 1.54) is 59.0 Å². The van der Waals surface area contributed by atoms with Gasteiger partial charge in [0.15, 0.2) is 17.3 Å². The summed E-state index contributed by atoms with van der Waals surface area (Å²) in [7, 11) is 1.49. The molecule has 4 atom stereocenters. The summed E-state index contributed by atoms with van der Waals surface area (Å²) >= 11 is 0. The molecule has 0 unspecified atom stereocenters. The van der Waals surface area contributed by atoms with Crippen LogP contribution in [0.1, 0.15) is 219 Å². The van der Waals surface area contributed by atoms with Gasteiger partial charge in [0.05, 0.1) is 64.7 Å². The first kappa shape index (κ1) is 110. The highest BCUT2D eigenvalue weighted by Gasteiger charge is 2.37. The Morgan fingerprint density at radius 3 is 1.39 bits per heavy atom. The molecule has 0 saturated carbocycles. The number of Topliss-reactive ketones (excluding diaryl/α,β-unsaturated/α-hetero) is 3. The van der Waals surface area contributed by atoms with Crippen molar-refractivity contribution in [3.05, 3.63) is 247 Å². The van der Waals surface area contributed by atoms with E-state index in [0.29, 0.717) is 128 Å². The number of nitrogens with two attached hydrogens (primary N) is 3. The van der Waals surface area contributed by atoms with Crippen molar-refractivity contribution >= 4 is 47.1 Å². The predicted octanol–water partition coefficient (Wildman–Crippen LogP) is 16.3. The van der Waals surface area contributed by atoms with E-state index in [0.717, 1.165) is 25.7 Å². The number of aromatic carboxylic acids is 1. The molecule has 6 aromatic carbocycles. The fourth-order valence-electron chi connectivity index (χ4n) is 14.2. The molecule has 0 fully saturated rings. The van der Waals surface area contributed by atoms with Crippen LogP contribution < -0.4 is 51.9 Å². The number of rotatable bonds is 35. The minimum absolute atomic E-state index is 0. The number of nitrogens with one attached hydrogen (secondary N) is 2. The number of aromatic hydroxyl groups is 1. The van der Waals surface area contributed by atoms with Crippen LogP contribution in [0.2, 0.25) is 0 Å². The number of carbonyl (C=O) groups is 8. The summed E-state index contributed by atoms with van der Waals surface area (Å²) < 4.78 is 39.0. The number of hydrogen-bond acceptors (Lipinski definition) is 28. The highest BCUT2D eigenvalue weighted by atomic mass is 16.5. The summed E-state index contributed by atoms with van der Waals surface area (Å²) in [4.78, 5) is 147. The third kappa shape index (κ3) is 35.5. The van der Waals surface area contributed by atoms with Gasteiger partial charge >= 0.3 is 41.6 Å². The lowest BCUT2D eigenvalue weighted by Crippen LogP contribution is -2.46. The number of aryl methyl sites for hydroxylation is 4. The van der Waals surface area contributed by atoms with Gasteiger partial charge in [-0.2, -0.15) is 20.2 Å². The molecule has 1 aliphatic heterocycles. The van der Waals surface area contributed by atoms with Crippen molar-refractivity contribution in [1.29, 1.82) is 5.26 Å². The molecule has 720 valence electrons. The molecule has 0 aliphatic carbocycles. The second kappa shape index (κ2) is 55.5. The van der Waals surface area contributed by atoms with E-state index in [9.17, 15) is 48.4 Å². The highest BCUT2D eigenvalue weighted by molar-refractivity contribution is 6.01. The fourth-order valence-corrected chi connectivity index (χ4v) is 14.2. The van der Waals surface area contributed by atoms with Gasteiger partial charge in [0.2, 0.25) is 11.8 Å². The number of carboxylic acids is 1. The van der Waals surface area contributed by atoms with Crippen LogP contribution in [0, 0.1) is 74.5 Å². The first-order valence-electron chi connectivity index (χ1n) is 44.8. The molecule has 0 radical (unpaired) electrons. The average Bonchev–Trinajstić information content (AvgIpc) is 0.774. The molecule has 2 amide bonds. The minimum Gasteiger partial charge on any atom is -0.508 e. The third-order valence-corrected chi connectivity index (χ3v) is 20.6. The number of phenolic OH excluding ortho intramolecular Hbond substituents is 1. The standard InChI is InChI=1S/C50H62N8O8.C18H22N2O3.C16H18N2O3.C10H14O.C8H10N2O3.CH4/c1-30(2)23-33-8-12-37(13-9-33)66-50-55-29-40(32(4)56-50)43(60)28-36(16-18-52)49(63)58(5)47-35-11-15-46(65-22-20-54)39(27-35)38-25-34(10-14-45(38)64-21-19-53)26-41(42(59)7-6-17-51)57-48(62)31(3)24-44(47)61;1-5-22-17(21)16-11-19-18(20-13(16)4)23-15-8-6-14(7-9-15)10-12(2)3;1-10(2)8-12-4-6-13(7-5-12)21-16-17-9-14(15(19)20)11(3)18-16;1-8(2)7-9-3-5-10(11)6-4-9;1-3-13-7(11)6-4-9-8(12)10-5(6)2;/h8-15,25,27,29-31,36,41,47H,6-7,16,18-24,26,28,52-54H2,1-5H3,(H,57,62);6-9,11-12H,5,10H2,1-4H3;4-7,9-10H,8H2,1-3H3,(H,19,20);3-6,8,11H,7H2,1-2H3;4H,3H2,1-2H3,(H,9,10,12);1H4/t31-,36-,41+,47+;;;;;/m1...../s1. The van der Waals surface area contributed by atoms with E-state index in [2.05, 4.69) is 101 Å². The molecule has 1 aliphatic rings. The van der Waals surface area contributed by atoms with Crippen molar-refractivity contribution in [3.8, 4) is 69.7 Å². The number of ketones is 3. The summed E-state index contributed by atoms with van der Waals surface area (Å²) in [5.74, 6) is -0.648. The Bertz CT molecular complexity index is 5670. The maximum Gasteiger partial charge on any atom is 0.345 e. The number of aromatic amines is 1. The highest BCUT2D eigenvalue weighted by Crippen LogP contribution is 2.42. The van der Waals surface area contributed by atoms with Crippen LogP contribution in [0.4, 0.5) is 0 Å². The number of fused-ring (bicyclic) bond motifs is 5. The van der Waals surface area contributed by atoms with E-state index in [-0.39, 0.29) is 114 Å². The molecule has 11 rings (SSSR count). The van der Waals surface area contributed by atoms with Crippen LogP contribution in [0.25, 0.3) is 11.1 Å². The average molecular weight is 1850 g/mol. The third-order valence-electron chi connectivity index (χ3n) is 20.6. The Morgan fingerprint density at radius 1 is 0.548 bits per heavy atom. The molecule has 135 heavy (non-hydrogen) atoms. The Balaban J connectivity index is 0.000000323. The van der Waals surface area contributed by atoms with Crippen molar-refractivity contribution < 1.29 is 81.7 Å². The van der Waals surface area contributed by atoms with Crippen LogP contribution in [0.3, 0.4) is 0 Å². The van der Waals surface area contributed by atoms with Gasteiger partial charge in [0.1, 0.15) is 53.8 Å². The number of benzene rings is 6. The number of nitrogens with zero attached hydrogens (tertiary/aromatic N) is 9. The summed E-state index contributed by atoms with van der Waals surface area (Å²) in [5.41, 5.74) is 27.0. The molecule has 4 aromatic heterocycles. The minimum atomic E-state index is -1.25. The lowest BCUT2D eigenvalue weighted by Gasteiger charge is -2.32. The Hall–Kier alpha value is -14.0. The molecule has 0 spiro atoms. The van der Waals surface area contributed by atoms with Crippen molar-refractivity contribution in [3.63, 3.8) is 0 Å². The number of carboxylic acid groups (broad SMARTS) is 1. The summed E-state index contributed by atoms with van der Waals surface area (Å²) in [5, 5.41) is 30.0. The van der Waals surface area contributed by atoms with E-state index >= 15 is 0 Å². The Kier molecular flexibility index (Phi) is 45.1. The van der Waals surface area contributed by atoms with Crippen LogP contribution in [0.5, 0.6) is 52.5 Å². The van der Waals surface area contributed by atoms with Crippen LogP contribution in [0.15, 0.2) is 163 Å². The van der Waals surface area contributed by atoms with Crippen LogP contribution in [-0.2, 0) is 60.8 Å². The normalized spacial score (nSPS) is 13.4. The number of ether oxygens (including phenoxy) is 7. The van der Waals surface area contributed by atoms with Crippen molar-refractivity contribution in [2.24, 2.45) is 52.7 Å². The first-order valence-corrected chi connectivity index (χ1v) is 44.8. The molecule has 32 nitrogen and oxygen atoms in total. The summed E-state index contributed by atoms with van der Waals surface area (Å²) in [6.07, 6.45) is 8.89. The predicted molar refractivity (Wildman–Crippen MR) is 514 cm³/mol. The number of H-pyrrole nitrogens is 1. The summed E-state index contributed by atoms with van der Waals surface area (Å²) in [6.45, 7) is 30.5. The van der Waals surface area contributed by atoms with E-state index in [1.54, 1.807) is 90.9 Å². The zero-order chi connectivity index (χ0) is 98.3. The molecule has 32 heteroatoms. The summed E-state index contributed by atoms with van der Waals surface area (Å²) in [6, 6.07) is 41.3. The van der Waals surface area contributed by atoms with Crippen molar-refractivity contribution in [1.82, 2.24) is 50.1 Å². The molecular weight excluding hydrogens is 1720 g/mol. The zero-order valence-corrected chi connectivity index (χ0v) is 79.3. The lowest BCUT2D eigenvalue weighted by atomic mass is 9.88. The Morgan fingerprint density at radius 2 is 0.970 bits per heavy atom. The maximum atomic E-state index is 14.7. The van der Waals surface area contributed by atoms with Crippen molar-refractivity contribution in [2.45, 2.75) is 188 Å². The van der Waals surface area contributed by atoms with Crippen LogP contribution in [-0.4, -0.2) is 161 Å². The van der Waals surface area contributed by atoms with E-state index < -0.39 is 70.9 Å². The number of hydrogen-bond donors (Lipinski definition) is 7. The van der Waals surface area contributed by atoms with Gasteiger partial charge < -0.3 is 75.8 Å². The molecule has 4 bridgehead atoms. The van der Waals surface area contributed by atoms with Crippen LogP contribution >= 0.6 is 0 Å². The monoisotopic (exact) mass is 1850 g/mol. The number of carbonyl (C=O) groups excluding carboxylic acids is 7. The van der Waals surface area contributed by atoms with Gasteiger partial charge in [-0.25, -0.2) is 39.1 Å². The second-order valence-electron chi connectivity index (χ2n) is 33.8.